The summed E-state index contributed by atoms with van der Waals surface area (Å²) in [6, 6.07) is 5.39. The molecule has 0 saturated heterocycles. The van der Waals surface area contributed by atoms with Crippen molar-refractivity contribution in [1.29, 1.82) is 0 Å². The van der Waals surface area contributed by atoms with Crippen molar-refractivity contribution in [3.8, 4) is 0 Å². The Labute approximate surface area is 118 Å². The molecule has 1 aliphatic heterocycles. The molecule has 6 nitrogen and oxygen atoms in total. The Balaban J connectivity index is 1.81. The highest BCUT2D eigenvalue weighted by atomic mass is 79.9. The fourth-order valence-electron chi connectivity index (χ4n) is 2.10. The van der Waals surface area contributed by atoms with Crippen LogP contribution in [0.2, 0.25) is 0 Å². The highest BCUT2D eigenvalue weighted by Crippen LogP contribution is 2.33. The molecule has 2 N–H and O–H groups in total. The van der Waals surface area contributed by atoms with Crippen LogP contribution in [0.15, 0.2) is 29.0 Å². The number of nitrogens with one attached hydrogen (secondary N) is 2. The number of carbonyl (C=O) groups excluding carboxylic acids is 1. The number of benzene rings is 1. The molecule has 0 bridgehead atoms. The van der Waals surface area contributed by atoms with Gasteiger partial charge in [-0.25, -0.2) is 0 Å². The highest BCUT2D eigenvalue weighted by molar-refractivity contribution is 9.10. The van der Waals surface area contributed by atoms with E-state index in [0.717, 1.165) is 21.5 Å². The van der Waals surface area contributed by atoms with E-state index in [1.54, 1.807) is 6.33 Å². The van der Waals surface area contributed by atoms with Crippen LogP contribution in [0.5, 0.6) is 0 Å². The van der Waals surface area contributed by atoms with Gasteiger partial charge in [0.05, 0.1) is 6.54 Å². The van der Waals surface area contributed by atoms with Gasteiger partial charge in [-0.2, -0.15) is 0 Å². The Bertz CT molecular complexity index is 639. The van der Waals surface area contributed by atoms with Crippen LogP contribution < -0.4 is 10.6 Å². The standard InChI is InChI=1S/C12H12BrN5O/c1-18-6-15-17-10(18)5-14-11-8-4-7(13)2-3-9(8)16-12(11)19/h2-4,6,11,14H,5H2,1H3,(H,16,19). The van der Waals surface area contributed by atoms with E-state index >= 15 is 0 Å². The number of carbonyl (C=O) groups is 1. The largest absolute Gasteiger partial charge is 0.324 e. The van der Waals surface area contributed by atoms with Gasteiger partial charge in [0.2, 0.25) is 5.91 Å². The lowest BCUT2D eigenvalue weighted by atomic mass is 10.1. The van der Waals surface area contributed by atoms with Crippen molar-refractivity contribution >= 4 is 27.5 Å². The van der Waals surface area contributed by atoms with Gasteiger partial charge in [0.15, 0.2) is 0 Å². The second-order valence-electron chi connectivity index (χ2n) is 4.39. The summed E-state index contributed by atoms with van der Waals surface area (Å²) in [7, 11) is 1.87. The topological polar surface area (TPSA) is 71.8 Å². The Kier molecular flexibility index (Phi) is 3.08. The lowest BCUT2D eigenvalue weighted by Gasteiger charge is -2.11. The lowest BCUT2D eigenvalue weighted by Crippen LogP contribution is -2.28. The van der Waals surface area contributed by atoms with Crippen molar-refractivity contribution in [2.24, 2.45) is 7.05 Å². The SMILES string of the molecule is Cn1cnnc1CNC1C(=O)Nc2ccc(Br)cc21. The van der Waals surface area contributed by atoms with Gasteiger partial charge in [-0.1, -0.05) is 15.9 Å². The molecule has 0 saturated carbocycles. The number of hydrogen-bond acceptors (Lipinski definition) is 4. The van der Waals surface area contributed by atoms with Gasteiger partial charge in [0.1, 0.15) is 18.2 Å². The minimum Gasteiger partial charge on any atom is -0.324 e. The second-order valence-corrected chi connectivity index (χ2v) is 5.31. The summed E-state index contributed by atoms with van der Waals surface area (Å²) >= 11 is 3.42. The van der Waals surface area contributed by atoms with E-state index in [4.69, 9.17) is 0 Å². The van der Waals surface area contributed by atoms with Crippen molar-refractivity contribution in [3.63, 3.8) is 0 Å². The molecule has 98 valence electrons. The molecule has 2 heterocycles. The molecule has 0 spiro atoms. The first kappa shape index (κ1) is 12.3. The van der Waals surface area contributed by atoms with Crippen LogP contribution in [0.1, 0.15) is 17.4 Å². The summed E-state index contributed by atoms with van der Waals surface area (Å²) in [5.74, 6) is 0.742. The van der Waals surface area contributed by atoms with E-state index in [2.05, 4.69) is 36.8 Å². The third-order valence-corrected chi connectivity index (χ3v) is 3.61. The second kappa shape index (κ2) is 4.75. The van der Waals surface area contributed by atoms with Crippen molar-refractivity contribution in [2.75, 3.05) is 5.32 Å². The fraction of sp³-hybridized carbons (Fsp3) is 0.250. The summed E-state index contributed by atoms with van der Waals surface area (Å²) < 4.78 is 2.77. The number of aryl methyl sites for hydroxylation is 1. The molecule has 0 radical (unpaired) electrons. The van der Waals surface area contributed by atoms with Crippen LogP contribution >= 0.6 is 15.9 Å². The van der Waals surface area contributed by atoms with Crippen LogP contribution in [0, 0.1) is 0 Å². The molecule has 1 amide bonds. The van der Waals surface area contributed by atoms with Gasteiger partial charge in [-0.3, -0.25) is 10.1 Å². The maximum atomic E-state index is 12.0. The summed E-state index contributed by atoms with van der Waals surface area (Å²) in [5, 5.41) is 13.9. The van der Waals surface area contributed by atoms with Crippen molar-refractivity contribution in [1.82, 2.24) is 20.1 Å². The number of anilines is 1. The zero-order chi connectivity index (χ0) is 13.4. The quantitative estimate of drug-likeness (QED) is 0.895. The predicted molar refractivity (Wildman–Crippen MR) is 73.4 cm³/mol. The summed E-state index contributed by atoms with van der Waals surface area (Å²) in [6.07, 6.45) is 1.64. The van der Waals surface area contributed by atoms with Gasteiger partial charge >= 0.3 is 0 Å². The van der Waals surface area contributed by atoms with Gasteiger partial charge < -0.3 is 9.88 Å². The molecule has 1 unspecified atom stereocenters. The molecule has 19 heavy (non-hydrogen) atoms. The van der Waals surface area contributed by atoms with E-state index in [-0.39, 0.29) is 11.9 Å². The molecule has 0 fully saturated rings. The maximum absolute atomic E-state index is 12.0. The van der Waals surface area contributed by atoms with Crippen LogP contribution in [0.25, 0.3) is 0 Å². The van der Waals surface area contributed by atoms with Gasteiger partial charge in [-0.15, -0.1) is 10.2 Å². The number of amides is 1. The average Bonchev–Trinajstić information content (AvgIpc) is 2.90. The minimum absolute atomic E-state index is 0.0460. The van der Waals surface area contributed by atoms with Crippen LogP contribution in [0.3, 0.4) is 0 Å². The van der Waals surface area contributed by atoms with Crippen LogP contribution in [0.4, 0.5) is 5.69 Å². The molecule has 7 heteroatoms. The van der Waals surface area contributed by atoms with Crippen LogP contribution in [-0.2, 0) is 18.4 Å². The Morgan fingerprint density at radius 1 is 1.53 bits per heavy atom. The first-order valence-corrected chi connectivity index (χ1v) is 6.61. The van der Waals surface area contributed by atoms with Gasteiger partial charge in [0.25, 0.3) is 0 Å². The van der Waals surface area contributed by atoms with Crippen LogP contribution in [-0.4, -0.2) is 20.7 Å². The van der Waals surface area contributed by atoms with E-state index in [1.165, 1.54) is 0 Å². The number of aromatic nitrogens is 3. The molecule has 1 atom stereocenters. The highest BCUT2D eigenvalue weighted by Gasteiger charge is 2.30. The molecule has 2 aromatic rings. The first-order chi connectivity index (χ1) is 9.15. The number of fused-ring (bicyclic) bond motifs is 1. The first-order valence-electron chi connectivity index (χ1n) is 5.82. The molecule has 1 aromatic heterocycles. The molecular formula is C12H12BrN5O. The van der Waals surface area contributed by atoms with Gasteiger partial charge in [0, 0.05) is 22.8 Å². The lowest BCUT2D eigenvalue weighted by molar-refractivity contribution is -0.117. The summed E-state index contributed by atoms with van der Waals surface area (Å²) in [6.45, 7) is 0.487. The van der Waals surface area contributed by atoms with Crippen molar-refractivity contribution < 1.29 is 4.79 Å². The summed E-state index contributed by atoms with van der Waals surface area (Å²) in [5.41, 5.74) is 1.80. The van der Waals surface area contributed by atoms with E-state index in [9.17, 15) is 4.79 Å². The smallest absolute Gasteiger partial charge is 0.246 e. The summed E-state index contributed by atoms with van der Waals surface area (Å²) in [4.78, 5) is 12.0. The van der Waals surface area contributed by atoms with E-state index < -0.39 is 0 Å². The Morgan fingerprint density at radius 3 is 3.11 bits per heavy atom. The normalized spacial score (nSPS) is 17.4. The van der Waals surface area contributed by atoms with Gasteiger partial charge in [-0.05, 0) is 18.2 Å². The molecule has 0 aliphatic carbocycles. The maximum Gasteiger partial charge on any atom is 0.246 e. The number of nitrogens with zero attached hydrogens (tertiary/aromatic N) is 3. The molecule has 3 rings (SSSR count). The zero-order valence-electron chi connectivity index (χ0n) is 10.2. The monoisotopic (exact) mass is 321 g/mol. The van der Waals surface area contributed by atoms with Crippen molar-refractivity contribution in [3.05, 3.63) is 40.4 Å². The molecular weight excluding hydrogens is 310 g/mol. The predicted octanol–water partition coefficient (Wildman–Crippen LogP) is 1.36. The number of halogens is 1. The number of hydrogen-bond donors (Lipinski definition) is 2. The zero-order valence-corrected chi connectivity index (χ0v) is 11.8. The third kappa shape index (κ3) is 2.26. The minimum atomic E-state index is -0.357. The molecule has 1 aliphatic rings. The molecule has 1 aromatic carbocycles. The average molecular weight is 322 g/mol. The Morgan fingerprint density at radius 2 is 2.37 bits per heavy atom. The number of rotatable bonds is 3. The Hall–Kier alpha value is -1.73. The fourth-order valence-corrected chi connectivity index (χ4v) is 2.47. The van der Waals surface area contributed by atoms with E-state index in [0.29, 0.717) is 6.54 Å². The van der Waals surface area contributed by atoms with E-state index in [1.807, 2.05) is 29.8 Å². The third-order valence-electron chi connectivity index (χ3n) is 3.11. The van der Waals surface area contributed by atoms with Crippen molar-refractivity contribution in [2.45, 2.75) is 12.6 Å².